The van der Waals surface area contributed by atoms with Crippen molar-refractivity contribution in [3.05, 3.63) is 41.7 Å². The molecule has 34 heavy (non-hydrogen) atoms. The average Bonchev–Trinajstić information content (AvgIpc) is 3.13. The van der Waals surface area contributed by atoms with Gasteiger partial charge in [0.25, 0.3) is 0 Å². The lowest BCUT2D eigenvalue weighted by Gasteiger charge is -2.30. The predicted octanol–water partition coefficient (Wildman–Crippen LogP) is 2.85. The van der Waals surface area contributed by atoms with Crippen LogP contribution in [0.1, 0.15) is 31.9 Å². The molecule has 2 unspecified atom stereocenters. The molecule has 1 amide bonds. The third kappa shape index (κ3) is 6.43. The van der Waals surface area contributed by atoms with Gasteiger partial charge in [-0.05, 0) is 11.1 Å². The fourth-order valence-electron chi connectivity index (χ4n) is 3.26. The number of ether oxygens (including phenoxy) is 1. The Morgan fingerprint density at radius 2 is 2.00 bits per heavy atom. The number of amides is 1. The van der Waals surface area contributed by atoms with Crippen molar-refractivity contribution in [3.8, 4) is 6.01 Å². The summed E-state index contributed by atoms with van der Waals surface area (Å²) in [6.45, 7) is 6.15. The molecular formula is C21H29N6O6P. The molecule has 3 rings (SSSR count). The van der Waals surface area contributed by atoms with Crippen molar-refractivity contribution in [1.29, 1.82) is 0 Å². The van der Waals surface area contributed by atoms with Crippen molar-refractivity contribution < 1.29 is 28.6 Å². The summed E-state index contributed by atoms with van der Waals surface area (Å²) in [5.41, 5.74) is 8.03. The fraction of sp³-hybridized carbons (Fsp3) is 0.429. The summed E-state index contributed by atoms with van der Waals surface area (Å²) in [4.78, 5) is 33.7. The number of nitrogens with one attached hydrogen (secondary N) is 1. The number of carboxylic acid groups (broad SMARTS) is 1. The van der Waals surface area contributed by atoms with Gasteiger partial charge in [-0.25, -0.2) is 9.78 Å². The number of carbonyl (C=O) groups is 1. The number of hydrogen-bond acceptors (Lipinski definition) is 8. The molecule has 0 fully saturated rings. The standard InChI is InChI=1S/C21H29N6O6P/c1-21(2,3)15(9-23-20(28)29)33-19-25-17(22)16-18(26-19)27(12-24-16)10-13-6-5-7-14(8-13)11-34(30,31)32-4/h5-8,12,15,23H,9-11H2,1-4H3,(H,28,29)(H,30,31)(H2,22,25,26). The Labute approximate surface area is 196 Å². The molecule has 0 saturated carbocycles. The van der Waals surface area contributed by atoms with Gasteiger partial charge in [-0.1, -0.05) is 45.0 Å². The molecular weight excluding hydrogens is 463 g/mol. The van der Waals surface area contributed by atoms with Gasteiger partial charge in [0.1, 0.15) is 6.10 Å². The summed E-state index contributed by atoms with van der Waals surface area (Å²) >= 11 is 0. The second-order valence-corrected chi connectivity index (χ2v) is 10.8. The number of nitrogen functional groups attached to an aromatic ring is 1. The number of hydrogen-bond donors (Lipinski definition) is 4. The van der Waals surface area contributed by atoms with Crippen LogP contribution in [0.15, 0.2) is 30.6 Å². The SMILES string of the molecule is COP(=O)(O)Cc1cccc(Cn2cnc3c(N)nc(OC(CNC(=O)O)C(C)(C)C)nc32)c1. The minimum Gasteiger partial charge on any atom is -0.465 e. The van der Waals surface area contributed by atoms with Gasteiger partial charge in [-0.15, -0.1) is 0 Å². The van der Waals surface area contributed by atoms with E-state index >= 15 is 0 Å². The minimum absolute atomic E-state index is 0.00827. The molecule has 0 spiro atoms. The van der Waals surface area contributed by atoms with Crippen LogP contribution < -0.4 is 15.8 Å². The average molecular weight is 492 g/mol. The summed E-state index contributed by atoms with van der Waals surface area (Å²) < 4.78 is 24.3. The molecule has 0 aliphatic rings. The van der Waals surface area contributed by atoms with Gasteiger partial charge in [-0.2, -0.15) is 9.97 Å². The van der Waals surface area contributed by atoms with Gasteiger partial charge in [0, 0.05) is 12.5 Å². The van der Waals surface area contributed by atoms with E-state index < -0.39 is 25.2 Å². The molecule has 0 saturated heterocycles. The zero-order valence-corrected chi connectivity index (χ0v) is 20.3. The lowest BCUT2D eigenvalue weighted by atomic mass is 9.89. The van der Waals surface area contributed by atoms with Crippen molar-refractivity contribution >= 4 is 30.7 Å². The summed E-state index contributed by atoms with van der Waals surface area (Å²) in [7, 11) is -2.49. The first-order valence-electron chi connectivity index (χ1n) is 10.4. The number of fused-ring (bicyclic) bond motifs is 1. The van der Waals surface area contributed by atoms with E-state index in [0.29, 0.717) is 23.3 Å². The Kier molecular flexibility index (Phi) is 7.44. The van der Waals surface area contributed by atoms with Gasteiger partial charge in [0.2, 0.25) is 0 Å². The van der Waals surface area contributed by atoms with Crippen molar-refractivity contribution in [1.82, 2.24) is 24.8 Å². The molecule has 0 bridgehead atoms. The molecule has 0 aliphatic heterocycles. The van der Waals surface area contributed by atoms with Gasteiger partial charge < -0.3 is 34.9 Å². The van der Waals surface area contributed by atoms with Crippen LogP contribution in [0.2, 0.25) is 0 Å². The normalized spacial score (nSPS) is 14.5. The van der Waals surface area contributed by atoms with Crippen molar-refractivity contribution in [2.24, 2.45) is 5.41 Å². The number of imidazole rings is 1. The molecule has 184 valence electrons. The molecule has 0 radical (unpaired) electrons. The van der Waals surface area contributed by atoms with Crippen molar-refractivity contribution in [2.75, 3.05) is 19.4 Å². The zero-order valence-electron chi connectivity index (χ0n) is 19.4. The summed E-state index contributed by atoms with van der Waals surface area (Å²) in [6.07, 6.45) is -0.236. The number of nitrogens with zero attached hydrogens (tertiary/aromatic N) is 4. The smallest absolute Gasteiger partial charge is 0.404 e. The number of aromatic nitrogens is 4. The van der Waals surface area contributed by atoms with Crippen molar-refractivity contribution in [3.63, 3.8) is 0 Å². The third-order valence-electron chi connectivity index (χ3n) is 5.13. The van der Waals surface area contributed by atoms with E-state index in [1.165, 1.54) is 7.11 Å². The first kappa shape index (κ1) is 25.4. The predicted molar refractivity (Wildman–Crippen MR) is 126 cm³/mol. The number of nitrogens with two attached hydrogens (primary N) is 1. The molecule has 3 aromatic rings. The quantitative estimate of drug-likeness (QED) is 0.325. The van der Waals surface area contributed by atoms with Crippen LogP contribution in [0, 0.1) is 5.41 Å². The second kappa shape index (κ2) is 9.96. The van der Waals surface area contributed by atoms with Crippen LogP contribution in [0.3, 0.4) is 0 Å². The number of benzene rings is 1. The van der Waals surface area contributed by atoms with Crippen LogP contribution in [-0.2, 0) is 21.8 Å². The maximum Gasteiger partial charge on any atom is 0.404 e. The van der Waals surface area contributed by atoms with E-state index in [9.17, 15) is 14.3 Å². The first-order valence-corrected chi connectivity index (χ1v) is 12.2. The maximum atomic E-state index is 11.9. The van der Waals surface area contributed by atoms with Crippen LogP contribution in [-0.4, -0.2) is 55.4 Å². The molecule has 13 heteroatoms. The Bertz CT molecular complexity index is 1220. The van der Waals surface area contributed by atoms with E-state index in [0.717, 1.165) is 5.56 Å². The Balaban J connectivity index is 1.88. The Morgan fingerprint density at radius 1 is 1.29 bits per heavy atom. The maximum absolute atomic E-state index is 11.9. The summed E-state index contributed by atoms with van der Waals surface area (Å²) in [6, 6.07) is 7.23. The van der Waals surface area contributed by atoms with Crippen molar-refractivity contribution in [2.45, 2.75) is 39.6 Å². The highest BCUT2D eigenvalue weighted by molar-refractivity contribution is 7.51. The molecule has 5 N–H and O–H groups in total. The van der Waals surface area contributed by atoms with Crippen LogP contribution >= 0.6 is 7.60 Å². The lowest BCUT2D eigenvalue weighted by Crippen LogP contribution is -2.43. The summed E-state index contributed by atoms with van der Waals surface area (Å²) in [5.74, 6) is 0.132. The molecule has 12 nitrogen and oxygen atoms in total. The summed E-state index contributed by atoms with van der Waals surface area (Å²) in [5, 5.41) is 11.3. The Morgan fingerprint density at radius 3 is 2.65 bits per heavy atom. The largest absolute Gasteiger partial charge is 0.465 e. The fourth-order valence-corrected chi connectivity index (χ4v) is 4.05. The molecule has 1 aromatic carbocycles. The van der Waals surface area contributed by atoms with E-state index in [1.54, 1.807) is 23.0 Å². The zero-order chi connectivity index (χ0) is 25.1. The van der Waals surface area contributed by atoms with Gasteiger partial charge >= 0.3 is 19.7 Å². The minimum atomic E-state index is -3.69. The van der Waals surface area contributed by atoms with E-state index in [1.807, 2.05) is 32.9 Å². The molecule has 2 atom stereocenters. The monoisotopic (exact) mass is 492 g/mol. The lowest BCUT2D eigenvalue weighted by molar-refractivity contribution is 0.0762. The third-order valence-corrected chi connectivity index (χ3v) is 6.47. The van der Waals surface area contributed by atoms with E-state index in [2.05, 4.69) is 24.8 Å². The Hall–Kier alpha value is -3.21. The number of anilines is 1. The van der Waals surface area contributed by atoms with Gasteiger partial charge in [0.15, 0.2) is 17.0 Å². The van der Waals surface area contributed by atoms with Gasteiger partial charge in [0.05, 0.1) is 25.6 Å². The number of rotatable bonds is 9. The topological polar surface area (TPSA) is 175 Å². The van der Waals surface area contributed by atoms with Gasteiger partial charge in [-0.3, -0.25) is 4.57 Å². The highest BCUT2D eigenvalue weighted by Crippen LogP contribution is 2.44. The molecule has 2 aromatic heterocycles. The molecule has 2 heterocycles. The highest BCUT2D eigenvalue weighted by Gasteiger charge is 2.28. The highest BCUT2D eigenvalue weighted by atomic mass is 31.2. The second-order valence-electron chi connectivity index (χ2n) is 8.89. The first-order chi connectivity index (χ1) is 15.9. The van der Waals surface area contributed by atoms with E-state index in [4.69, 9.17) is 15.6 Å². The van der Waals surface area contributed by atoms with Crippen LogP contribution in [0.25, 0.3) is 11.2 Å². The van der Waals surface area contributed by atoms with E-state index in [-0.39, 0.29) is 24.5 Å². The van der Waals surface area contributed by atoms with Crippen LogP contribution in [0.4, 0.5) is 10.6 Å². The molecule has 0 aliphatic carbocycles. The van der Waals surface area contributed by atoms with Crippen LogP contribution in [0.5, 0.6) is 6.01 Å².